The van der Waals surface area contributed by atoms with Crippen molar-refractivity contribution in [3.8, 4) is 17.2 Å². The third-order valence-electron chi connectivity index (χ3n) is 15.1. The number of ketones is 1. The van der Waals surface area contributed by atoms with Gasteiger partial charge in [-0.2, -0.15) is 0 Å². The first-order valence-corrected chi connectivity index (χ1v) is 24.7. The summed E-state index contributed by atoms with van der Waals surface area (Å²) in [6, 6.07) is 0. The van der Waals surface area contributed by atoms with Crippen molar-refractivity contribution in [3.63, 3.8) is 0 Å². The number of phenols is 2. The molecule has 18 nitrogen and oxygen atoms in total. The van der Waals surface area contributed by atoms with E-state index >= 15 is 0 Å². The van der Waals surface area contributed by atoms with Crippen LogP contribution in [0.2, 0.25) is 0 Å². The second-order valence-electron chi connectivity index (χ2n) is 20.6. The fourth-order valence-electron chi connectivity index (χ4n) is 10.6. The van der Waals surface area contributed by atoms with Gasteiger partial charge < -0.3 is 59.2 Å². The molecule has 2 fully saturated rings. The number of Topliss-reactive ketones (excluding diaryl/α,β-unsaturated/α-hetero) is 1. The molecular weight excluding hydrogens is 901 g/mol. The summed E-state index contributed by atoms with van der Waals surface area (Å²) < 4.78 is 30.1. The van der Waals surface area contributed by atoms with Crippen molar-refractivity contribution >= 4 is 34.2 Å². The third kappa shape index (κ3) is 10.3. The molecule has 18 heteroatoms. The summed E-state index contributed by atoms with van der Waals surface area (Å²) in [5.74, 6) is -6.21. The summed E-state index contributed by atoms with van der Waals surface area (Å²) in [6.45, 7) is 21.9. The number of piperidine rings is 1. The first-order chi connectivity index (χ1) is 33.1. The van der Waals surface area contributed by atoms with E-state index in [2.05, 4.69) is 34.0 Å². The van der Waals surface area contributed by atoms with Gasteiger partial charge in [0.05, 0.1) is 47.8 Å². The number of hydrogen-bond acceptors (Lipinski definition) is 16. The number of methoxy groups -OCH3 is 2. The highest BCUT2D eigenvalue weighted by Crippen LogP contribution is 2.51. The minimum atomic E-state index is -1.98. The maximum atomic E-state index is 14.9. The van der Waals surface area contributed by atoms with Crippen molar-refractivity contribution in [2.45, 2.75) is 111 Å². The SMILES string of the molecule is COCCN1CCN(C(=O)O[C@H]2[C@H](C)[C@H](O)[C@H](C)[C@@H](O)[C@@H](C)/C=C/C=C(/C)C(=O)N=c3c(O)c4c(O)c(C)c5c(c4c4c3=NC3(CCN(CC(C)C)CC3)N4)C(=O)[C@@](C)(O/C=C/[C@H](OC)[C@H]2C)O5)CC1. The second kappa shape index (κ2) is 21.3. The van der Waals surface area contributed by atoms with E-state index in [1.807, 2.05) is 6.92 Å². The van der Waals surface area contributed by atoms with Crippen LogP contribution in [0.4, 0.5) is 10.5 Å². The Hall–Kier alpha value is -5.11. The summed E-state index contributed by atoms with van der Waals surface area (Å²) in [4.78, 5) is 58.7. The highest BCUT2D eigenvalue weighted by Gasteiger charge is 2.51. The maximum absolute atomic E-state index is 14.9. The number of rotatable bonds is 7. The number of likely N-dealkylation sites (tertiary alicyclic amines) is 1. The van der Waals surface area contributed by atoms with E-state index in [-0.39, 0.29) is 49.7 Å². The molecule has 5 bridgehead atoms. The number of ether oxygens (including phenoxy) is 5. The molecule has 6 heterocycles. The molecule has 0 unspecified atom stereocenters. The Morgan fingerprint density at radius 3 is 2.23 bits per heavy atom. The molecule has 8 rings (SSSR count). The van der Waals surface area contributed by atoms with Crippen LogP contribution < -0.4 is 20.8 Å². The lowest BCUT2D eigenvalue weighted by atomic mass is 9.78. The Labute approximate surface area is 410 Å². The van der Waals surface area contributed by atoms with Crippen molar-refractivity contribution in [2.24, 2.45) is 39.6 Å². The average molecular weight is 975 g/mol. The van der Waals surface area contributed by atoms with Crippen molar-refractivity contribution in [2.75, 3.05) is 78.5 Å². The number of phenolic OH excluding ortho intramolecular Hbond substituents is 2. The zero-order valence-corrected chi connectivity index (χ0v) is 42.7. The van der Waals surface area contributed by atoms with Gasteiger partial charge in [-0.3, -0.25) is 19.5 Å². The van der Waals surface area contributed by atoms with Crippen LogP contribution in [0.25, 0.3) is 10.8 Å². The van der Waals surface area contributed by atoms with Gasteiger partial charge >= 0.3 is 11.9 Å². The predicted octanol–water partition coefficient (Wildman–Crippen LogP) is 4.59. The number of carbonyl (C=O) groups is 3. The van der Waals surface area contributed by atoms with Crippen LogP contribution in [0, 0.1) is 36.5 Å². The van der Waals surface area contributed by atoms with Crippen LogP contribution in [0.1, 0.15) is 84.2 Å². The number of anilines is 1. The number of carbonyl (C=O) groups excluding carboxylic acids is 3. The molecule has 6 aliphatic rings. The Morgan fingerprint density at radius 1 is 0.900 bits per heavy atom. The number of amides is 2. The van der Waals surface area contributed by atoms with Gasteiger partial charge in [-0.25, -0.2) is 9.79 Å². The van der Waals surface area contributed by atoms with Gasteiger partial charge in [0, 0.05) is 127 Å². The number of allylic oxidation sites excluding steroid dienone is 2. The molecular formula is C52H74N6O12. The molecule has 6 aliphatic heterocycles. The molecule has 2 saturated heterocycles. The fraction of sp³-hybridized carbons (Fsp3) is 0.635. The number of fused-ring (bicyclic) bond motifs is 13. The molecule has 0 radical (unpaired) electrons. The minimum Gasteiger partial charge on any atom is -0.507 e. The van der Waals surface area contributed by atoms with E-state index < -0.39 is 83.1 Å². The Kier molecular flexibility index (Phi) is 16.0. The fourth-order valence-corrected chi connectivity index (χ4v) is 10.6. The van der Waals surface area contributed by atoms with Crippen molar-refractivity contribution < 1.29 is 58.5 Å². The lowest BCUT2D eigenvalue weighted by molar-refractivity contribution is -0.114. The number of aliphatic hydroxyl groups is 2. The Morgan fingerprint density at radius 2 is 1.59 bits per heavy atom. The molecule has 1 spiro atoms. The lowest BCUT2D eigenvalue weighted by Gasteiger charge is -2.40. The summed E-state index contributed by atoms with van der Waals surface area (Å²) >= 11 is 0. The molecule has 9 atom stereocenters. The molecule has 0 aromatic heterocycles. The van der Waals surface area contributed by atoms with Crippen molar-refractivity contribution in [1.29, 1.82) is 0 Å². The third-order valence-corrected chi connectivity index (χ3v) is 15.1. The van der Waals surface area contributed by atoms with E-state index in [1.54, 1.807) is 70.9 Å². The van der Waals surface area contributed by atoms with Gasteiger partial charge in [0.15, 0.2) is 5.75 Å². The number of nitrogens with one attached hydrogen (secondary N) is 1. The van der Waals surface area contributed by atoms with E-state index in [9.17, 15) is 34.8 Å². The first kappa shape index (κ1) is 52.7. The number of hydrogen-bond donors (Lipinski definition) is 5. The van der Waals surface area contributed by atoms with Gasteiger partial charge in [-0.15, -0.1) is 0 Å². The molecule has 70 heavy (non-hydrogen) atoms. The van der Waals surface area contributed by atoms with Gasteiger partial charge in [-0.1, -0.05) is 59.8 Å². The molecule has 2 aromatic carbocycles. The maximum Gasteiger partial charge on any atom is 0.410 e. The Balaban J connectivity index is 1.32. The summed E-state index contributed by atoms with van der Waals surface area (Å²) in [7, 11) is 3.14. The van der Waals surface area contributed by atoms with Crippen molar-refractivity contribution in [1.82, 2.24) is 14.7 Å². The molecule has 384 valence electrons. The Bertz CT molecular complexity index is 2530. The number of aliphatic hydroxyl groups excluding tert-OH is 2. The van der Waals surface area contributed by atoms with Gasteiger partial charge in [-0.05, 0) is 25.8 Å². The predicted molar refractivity (Wildman–Crippen MR) is 262 cm³/mol. The molecule has 2 amide bonds. The van der Waals surface area contributed by atoms with Crippen molar-refractivity contribution in [3.05, 3.63) is 58.0 Å². The number of benzene rings is 2. The standard InChI is InChI=1S/C52H74N6O12/c1-28(2)27-57-18-16-52(17-19-57)54-39-36-37-44(61)34(8)47-38(36)48(63)51(9,70-47)68-25-15-35(67-11)31(5)46(69-50(65)58-22-20-56(21-23-58)24-26-66-10)33(7)43(60)32(6)42(59)29(3)13-12-14-30(4)49(64)53-41(45(37)62)40(39)55-52/h12-15,25,28-29,31-33,35,42-43,46,54,59-62H,16-24,26-27H2,1-11H3/b13-12+,25-15+,30-14-,53-41?/t29-,31+,32+,33+,35-,42-,43+,46+,51-/m0/s1. The van der Waals surface area contributed by atoms with E-state index in [0.717, 1.165) is 26.2 Å². The monoisotopic (exact) mass is 975 g/mol. The van der Waals surface area contributed by atoms with Crippen LogP contribution >= 0.6 is 0 Å². The van der Waals surface area contributed by atoms with Crippen LogP contribution in [0.5, 0.6) is 17.2 Å². The topological polar surface area (TPSA) is 225 Å². The summed E-state index contributed by atoms with van der Waals surface area (Å²) in [6.07, 6.45) is 4.42. The normalized spacial score (nSPS) is 31.6. The summed E-state index contributed by atoms with van der Waals surface area (Å²) in [5.41, 5.74) is -0.136. The van der Waals surface area contributed by atoms with Crippen LogP contribution in [0.15, 0.2) is 46.1 Å². The van der Waals surface area contributed by atoms with Crippen LogP contribution in [-0.2, 0) is 23.7 Å². The van der Waals surface area contributed by atoms with Crippen LogP contribution in [0.3, 0.4) is 0 Å². The van der Waals surface area contributed by atoms with Gasteiger partial charge in [0.25, 0.3) is 11.7 Å². The van der Waals surface area contributed by atoms with Crippen LogP contribution in [-0.4, -0.2) is 162 Å². The van der Waals surface area contributed by atoms with E-state index in [0.29, 0.717) is 57.2 Å². The quantitative estimate of drug-likeness (QED) is 0.240. The summed E-state index contributed by atoms with van der Waals surface area (Å²) in [5, 5.41) is 51.4. The molecule has 0 saturated carbocycles. The largest absolute Gasteiger partial charge is 0.507 e. The molecule has 5 N–H and O–H groups in total. The number of piperazine rings is 1. The average Bonchev–Trinajstić information content (AvgIpc) is 3.84. The first-order valence-electron chi connectivity index (χ1n) is 24.7. The van der Waals surface area contributed by atoms with Gasteiger partial charge in [0.2, 0.25) is 0 Å². The second-order valence-corrected chi connectivity index (χ2v) is 20.6. The van der Waals surface area contributed by atoms with Gasteiger partial charge in [0.1, 0.15) is 34.0 Å². The number of nitrogens with zero attached hydrogens (tertiary/aromatic N) is 5. The number of aromatic hydroxyl groups is 2. The zero-order valence-electron chi connectivity index (χ0n) is 42.7. The van der Waals surface area contributed by atoms with E-state index in [1.165, 1.54) is 20.3 Å². The minimum absolute atomic E-state index is 0.0506. The zero-order chi connectivity index (χ0) is 51.0. The molecule has 0 aliphatic carbocycles. The lowest BCUT2D eigenvalue weighted by Crippen LogP contribution is -2.52. The smallest absolute Gasteiger partial charge is 0.410 e. The molecule has 2 aromatic rings. The van der Waals surface area contributed by atoms with E-state index in [4.69, 9.17) is 28.7 Å². The highest BCUT2D eigenvalue weighted by molar-refractivity contribution is 6.21. The highest BCUT2D eigenvalue weighted by atomic mass is 16.7.